The van der Waals surface area contributed by atoms with Crippen LogP contribution in [0.2, 0.25) is 0 Å². The highest BCUT2D eigenvalue weighted by atomic mass is 32.2. The van der Waals surface area contributed by atoms with E-state index in [-0.39, 0.29) is 6.54 Å². The predicted octanol–water partition coefficient (Wildman–Crippen LogP) is 2.06. The van der Waals surface area contributed by atoms with Crippen molar-refractivity contribution in [1.29, 1.82) is 0 Å². The Hall–Kier alpha value is -1.05. The molecule has 1 fully saturated rings. The molecule has 1 saturated carbocycles. The van der Waals surface area contributed by atoms with E-state index in [1.807, 2.05) is 0 Å². The molecule has 0 amide bonds. The number of hydrogen-bond acceptors (Lipinski definition) is 3. The molecule has 0 heterocycles. The fourth-order valence-corrected chi connectivity index (χ4v) is 2.80. The van der Waals surface area contributed by atoms with Gasteiger partial charge in [-0.25, -0.2) is 21.9 Å². The van der Waals surface area contributed by atoms with Gasteiger partial charge in [0.15, 0.2) is 0 Å². The van der Waals surface area contributed by atoms with Gasteiger partial charge in [-0.15, -0.1) is 0 Å². The largest absolute Gasteiger partial charge is 0.381 e. The van der Waals surface area contributed by atoms with E-state index in [0.717, 1.165) is 18.7 Å². The number of ether oxygens (including phenoxy) is 1. The van der Waals surface area contributed by atoms with Crippen molar-refractivity contribution in [2.75, 3.05) is 19.8 Å². The minimum Gasteiger partial charge on any atom is -0.381 e. The van der Waals surface area contributed by atoms with Gasteiger partial charge in [-0.3, -0.25) is 0 Å². The standard InChI is InChI=1S/C13H17F2NO3S/c14-11-6-12(15)8-13(7-11)20(17,18)16-4-1-5-19-9-10-2-3-10/h6-8,10,16H,1-5,9H2. The lowest BCUT2D eigenvalue weighted by Gasteiger charge is -2.07. The molecule has 0 radical (unpaired) electrons. The summed E-state index contributed by atoms with van der Waals surface area (Å²) in [6.45, 7) is 1.36. The molecule has 1 aliphatic rings. The highest BCUT2D eigenvalue weighted by Gasteiger charge is 2.21. The quantitative estimate of drug-likeness (QED) is 0.748. The van der Waals surface area contributed by atoms with Crippen molar-refractivity contribution >= 4 is 10.0 Å². The van der Waals surface area contributed by atoms with Gasteiger partial charge in [0.2, 0.25) is 10.0 Å². The number of hydrogen-bond donors (Lipinski definition) is 1. The SMILES string of the molecule is O=S(=O)(NCCCOCC1CC1)c1cc(F)cc(F)c1. The third-order valence-electron chi connectivity index (χ3n) is 2.95. The molecule has 0 bridgehead atoms. The van der Waals surface area contributed by atoms with Gasteiger partial charge in [0.1, 0.15) is 11.6 Å². The van der Waals surface area contributed by atoms with Crippen molar-refractivity contribution < 1.29 is 21.9 Å². The number of rotatable bonds is 8. The summed E-state index contributed by atoms with van der Waals surface area (Å²) in [6, 6.07) is 2.20. The molecule has 0 atom stereocenters. The Bertz CT molecular complexity index is 538. The summed E-state index contributed by atoms with van der Waals surface area (Å²) in [5.41, 5.74) is 0. The molecule has 4 nitrogen and oxygen atoms in total. The third-order valence-corrected chi connectivity index (χ3v) is 4.39. The Morgan fingerprint density at radius 3 is 2.45 bits per heavy atom. The lowest BCUT2D eigenvalue weighted by molar-refractivity contribution is 0.123. The van der Waals surface area contributed by atoms with Crippen LogP contribution in [0.25, 0.3) is 0 Å². The minimum atomic E-state index is -3.88. The molecule has 1 aliphatic carbocycles. The molecule has 0 unspecified atom stereocenters. The number of nitrogens with one attached hydrogen (secondary N) is 1. The van der Waals surface area contributed by atoms with Crippen molar-refractivity contribution in [2.45, 2.75) is 24.2 Å². The molecule has 112 valence electrons. The van der Waals surface area contributed by atoms with Gasteiger partial charge in [-0.05, 0) is 37.3 Å². The van der Waals surface area contributed by atoms with E-state index in [9.17, 15) is 17.2 Å². The van der Waals surface area contributed by atoms with Gasteiger partial charge in [0.05, 0.1) is 4.90 Å². The van der Waals surface area contributed by atoms with Crippen molar-refractivity contribution in [1.82, 2.24) is 4.72 Å². The maximum Gasteiger partial charge on any atom is 0.240 e. The van der Waals surface area contributed by atoms with E-state index >= 15 is 0 Å². The molecular formula is C13H17F2NO3S. The summed E-state index contributed by atoms with van der Waals surface area (Å²) in [6.07, 6.45) is 2.93. The number of benzene rings is 1. The second-order valence-corrected chi connectivity index (χ2v) is 6.64. The molecular weight excluding hydrogens is 288 g/mol. The predicted molar refractivity (Wildman–Crippen MR) is 69.7 cm³/mol. The van der Waals surface area contributed by atoms with Crippen molar-refractivity contribution in [2.24, 2.45) is 5.92 Å². The monoisotopic (exact) mass is 305 g/mol. The first-order chi connectivity index (χ1) is 9.47. The van der Waals surface area contributed by atoms with Gasteiger partial charge < -0.3 is 4.74 Å². The van der Waals surface area contributed by atoms with Crippen LogP contribution in [0, 0.1) is 17.6 Å². The lowest BCUT2D eigenvalue weighted by Crippen LogP contribution is -2.26. The van der Waals surface area contributed by atoms with Crippen molar-refractivity contribution in [3.05, 3.63) is 29.8 Å². The zero-order valence-corrected chi connectivity index (χ0v) is 11.8. The third kappa shape index (κ3) is 4.81. The molecule has 1 aromatic carbocycles. The van der Waals surface area contributed by atoms with Crippen LogP contribution >= 0.6 is 0 Å². The first-order valence-corrected chi connectivity index (χ1v) is 7.99. The van der Waals surface area contributed by atoms with Gasteiger partial charge in [-0.2, -0.15) is 0 Å². The van der Waals surface area contributed by atoms with E-state index in [1.54, 1.807) is 0 Å². The normalized spacial score (nSPS) is 15.5. The zero-order chi connectivity index (χ0) is 14.6. The van der Waals surface area contributed by atoms with Crippen LogP contribution in [0.5, 0.6) is 0 Å². The molecule has 0 spiro atoms. The Balaban J connectivity index is 1.77. The van der Waals surface area contributed by atoms with E-state index in [1.165, 1.54) is 12.8 Å². The average Bonchev–Trinajstić information content (AvgIpc) is 3.16. The molecule has 1 N–H and O–H groups in total. The molecule has 2 rings (SSSR count). The van der Waals surface area contributed by atoms with Crippen LogP contribution in [0.4, 0.5) is 8.78 Å². The second kappa shape index (κ2) is 6.60. The fraction of sp³-hybridized carbons (Fsp3) is 0.538. The van der Waals surface area contributed by atoms with E-state index in [4.69, 9.17) is 4.74 Å². The van der Waals surface area contributed by atoms with Gasteiger partial charge >= 0.3 is 0 Å². The van der Waals surface area contributed by atoms with Crippen LogP contribution < -0.4 is 4.72 Å². The Morgan fingerprint density at radius 2 is 1.85 bits per heavy atom. The van der Waals surface area contributed by atoms with Crippen LogP contribution in [-0.4, -0.2) is 28.2 Å². The minimum absolute atomic E-state index is 0.172. The van der Waals surface area contributed by atoms with E-state index in [2.05, 4.69) is 4.72 Å². The van der Waals surface area contributed by atoms with E-state index < -0.39 is 26.6 Å². The molecule has 0 saturated heterocycles. The molecule has 0 aliphatic heterocycles. The zero-order valence-electron chi connectivity index (χ0n) is 10.9. The van der Waals surface area contributed by atoms with Crippen molar-refractivity contribution in [3.8, 4) is 0 Å². The van der Waals surface area contributed by atoms with Crippen LogP contribution in [0.3, 0.4) is 0 Å². The maximum atomic E-state index is 13.0. The maximum absolute atomic E-state index is 13.0. The van der Waals surface area contributed by atoms with E-state index in [0.29, 0.717) is 25.0 Å². The highest BCUT2D eigenvalue weighted by Crippen LogP contribution is 2.28. The Morgan fingerprint density at radius 1 is 1.20 bits per heavy atom. The first-order valence-electron chi connectivity index (χ1n) is 6.51. The molecule has 7 heteroatoms. The summed E-state index contributed by atoms with van der Waals surface area (Å²) >= 11 is 0. The first kappa shape index (κ1) is 15.3. The summed E-state index contributed by atoms with van der Waals surface area (Å²) in [7, 11) is -3.88. The number of sulfonamides is 1. The highest BCUT2D eigenvalue weighted by molar-refractivity contribution is 7.89. The Labute approximate surface area is 117 Å². The summed E-state index contributed by atoms with van der Waals surface area (Å²) in [4.78, 5) is -0.408. The Kier molecular flexibility index (Phi) is 5.06. The average molecular weight is 305 g/mol. The smallest absolute Gasteiger partial charge is 0.240 e. The van der Waals surface area contributed by atoms with Crippen LogP contribution in [0.15, 0.2) is 23.1 Å². The molecule has 0 aromatic heterocycles. The summed E-state index contributed by atoms with van der Waals surface area (Å²) in [5.74, 6) is -1.17. The topological polar surface area (TPSA) is 55.4 Å². The van der Waals surface area contributed by atoms with Gasteiger partial charge in [-0.1, -0.05) is 0 Å². The molecule has 1 aromatic rings. The number of halogens is 2. The second-order valence-electron chi connectivity index (χ2n) is 4.87. The van der Waals surface area contributed by atoms with Crippen molar-refractivity contribution in [3.63, 3.8) is 0 Å². The summed E-state index contributed by atoms with van der Waals surface area (Å²) < 4.78 is 57.2. The van der Waals surface area contributed by atoms with Crippen LogP contribution in [-0.2, 0) is 14.8 Å². The van der Waals surface area contributed by atoms with Gasteiger partial charge in [0.25, 0.3) is 0 Å². The summed E-state index contributed by atoms with van der Waals surface area (Å²) in [5, 5.41) is 0. The fourth-order valence-electron chi connectivity index (χ4n) is 1.68. The van der Waals surface area contributed by atoms with Crippen LogP contribution in [0.1, 0.15) is 19.3 Å². The molecule has 20 heavy (non-hydrogen) atoms. The van der Waals surface area contributed by atoms with Gasteiger partial charge in [0, 0.05) is 25.8 Å². The lowest BCUT2D eigenvalue weighted by atomic mass is 10.3.